The van der Waals surface area contributed by atoms with Crippen molar-refractivity contribution in [2.45, 2.75) is 27.2 Å². The second-order valence-electron chi connectivity index (χ2n) is 4.56. The lowest BCUT2D eigenvalue weighted by atomic mass is 10.3. The van der Waals surface area contributed by atoms with E-state index in [9.17, 15) is 0 Å². The number of nitrogens with one attached hydrogen (secondary N) is 2. The van der Waals surface area contributed by atoms with Gasteiger partial charge in [-0.2, -0.15) is 0 Å². The zero-order chi connectivity index (χ0) is 13.7. The van der Waals surface area contributed by atoms with Gasteiger partial charge >= 0.3 is 0 Å². The number of hydrazine groups is 1. The monoisotopic (exact) mass is 265 g/mol. The summed E-state index contributed by atoms with van der Waals surface area (Å²) in [5.41, 5.74) is 4.45. The molecule has 0 radical (unpaired) electrons. The average Bonchev–Trinajstić information content (AvgIpc) is 2.44. The van der Waals surface area contributed by atoms with E-state index in [4.69, 9.17) is 4.74 Å². The van der Waals surface area contributed by atoms with Crippen molar-refractivity contribution in [1.82, 2.24) is 15.0 Å². The molecule has 0 aliphatic carbocycles. The van der Waals surface area contributed by atoms with E-state index in [2.05, 4.69) is 39.6 Å². The molecule has 2 heterocycles. The summed E-state index contributed by atoms with van der Waals surface area (Å²) >= 11 is 0. The summed E-state index contributed by atoms with van der Waals surface area (Å²) in [4.78, 5) is 9.11. The molecule has 0 unspecified atom stereocenters. The van der Waals surface area contributed by atoms with E-state index in [1.165, 1.54) is 0 Å². The molecule has 2 N–H and O–H groups in total. The Morgan fingerprint density at radius 3 is 2.47 bits per heavy atom. The quantitative estimate of drug-likeness (QED) is 0.840. The van der Waals surface area contributed by atoms with Crippen LogP contribution in [0.5, 0.6) is 0 Å². The van der Waals surface area contributed by atoms with Crippen molar-refractivity contribution in [2.24, 2.45) is 0 Å². The summed E-state index contributed by atoms with van der Waals surface area (Å²) in [5.74, 6) is 2.67. The van der Waals surface area contributed by atoms with Crippen molar-refractivity contribution in [3.8, 4) is 0 Å². The first kappa shape index (κ1) is 14.0. The third-order valence-electron chi connectivity index (χ3n) is 3.13. The van der Waals surface area contributed by atoms with Crippen molar-refractivity contribution < 1.29 is 4.74 Å². The smallest absolute Gasteiger partial charge is 0.149 e. The zero-order valence-corrected chi connectivity index (χ0v) is 12.0. The molecule has 19 heavy (non-hydrogen) atoms. The summed E-state index contributed by atoms with van der Waals surface area (Å²) in [6.07, 6.45) is 0.830. The minimum Gasteiger partial charge on any atom is -0.379 e. The van der Waals surface area contributed by atoms with Crippen LogP contribution in [0.1, 0.15) is 25.2 Å². The molecule has 1 aromatic heterocycles. The van der Waals surface area contributed by atoms with E-state index in [1.54, 1.807) is 0 Å². The molecule has 1 aromatic rings. The van der Waals surface area contributed by atoms with Crippen LogP contribution in [0.3, 0.4) is 0 Å². The van der Waals surface area contributed by atoms with Gasteiger partial charge in [-0.15, -0.1) is 0 Å². The standard InChI is InChI=1S/C13H23N5O/c1-4-11-15-12(14-5-2)10(3)13(16-11)17-18-6-8-19-9-7-18/h4-9H2,1-3H3,(H2,14,15,16,17). The first-order chi connectivity index (χ1) is 9.24. The average molecular weight is 265 g/mol. The van der Waals surface area contributed by atoms with Crippen molar-refractivity contribution in [3.05, 3.63) is 11.4 Å². The number of hydrogen-bond donors (Lipinski definition) is 2. The van der Waals surface area contributed by atoms with Gasteiger partial charge in [-0.1, -0.05) is 6.92 Å². The number of aromatic nitrogens is 2. The molecular weight excluding hydrogens is 242 g/mol. The summed E-state index contributed by atoms with van der Waals surface area (Å²) in [6.45, 7) is 10.3. The molecule has 1 aliphatic heterocycles. The first-order valence-electron chi connectivity index (χ1n) is 6.95. The second-order valence-corrected chi connectivity index (χ2v) is 4.56. The van der Waals surface area contributed by atoms with Crippen LogP contribution < -0.4 is 10.7 Å². The van der Waals surface area contributed by atoms with Crippen LogP contribution in [0.2, 0.25) is 0 Å². The molecule has 1 fully saturated rings. The molecule has 6 nitrogen and oxygen atoms in total. The topological polar surface area (TPSA) is 62.3 Å². The Bertz CT molecular complexity index is 418. The van der Waals surface area contributed by atoms with E-state index >= 15 is 0 Å². The predicted molar refractivity (Wildman–Crippen MR) is 76.3 cm³/mol. The van der Waals surface area contributed by atoms with E-state index in [1.807, 2.05) is 6.92 Å². The minimum absolute atomic E-state index is 0.762. The maximum Gasteiger partial charge on any atom is 0.149 e. The van der Waals surface area contributed by atoms with Gasteiger partial charge in [0, 0.05) is 31.6 Å². The normalized spacial score (nSPS) is 16.4. The highest BCUT2D eigenvalue weighted by molar-refractivity contribution is 5.56. The fourth-order valence-corrected chi connectivity index (χ4v) is 1.99. The molecule has 1 aliphatic rings. The maximum absolute atomic E-state index is 5.35. The van der Waals surface area contributed by atoms with Crippen molar-refractivity contribution in [3.63, 3.8) is 0 Å². The molecule has 6 heteroatoms. The van der Waals surface area contributed by atoms with E-state index in [-0.39, 0.29) is 0 Å². The van der Waals surface area contributed by atoms with E-state index in [0.717, 1.165) is 62.3 Å². The highest BCUT2D eigenvalue weighted by Gasteiger charge is 2.15. The second kappa shape index (κ2) is 6.68. The van der Waals surface area contributed by atoms with Gasteiger partial charge in [0.1, 0.15) is 17.5 Å². The van der Waals surface area contributed by atoms with Crippen LogP contribution in [0.15, 0.2) is 0 Å². The summed E-state index contributed by atoms with van der Waals surface area (Å²) in [7, 11) is 0. The highest BCUT2D eigenvalue weighted by atomic mass is 16.5. The van der Waals surface area contributed by atoms with Gasteiger partial charge in [-0.3, -0.25) is 0 Å². The van der Waals surface area contributed by atoms with E-state index in [0.29, 0.717) is 0 Å². The van der Waals surface area contributed by atoms with Crippen LogP contribution in [0.4, 0.5) is 11.6 Å². The van der Waals surface area contributed by atoms with Gasteiger partial charge in [-0.25, -0.2) is 15.0 Å². The zero-order valence-electron chi connectivity index (χ0n) is 12.0. The Hall–Kier alpha value is -1.40. The van der Waals surface area contributed by atoms with Gasteiger partial charge in [0.15, 0.2) is 0 Å². The van der Waals surface area contributed by atoms with Crippen molar-refractivity contribution in [1.29, 1.82) is 0 Å². The number of hydrogen-bond acceptors (Lipinski definition) is 6. The van der Waals surface area contributed by atoms with Crippen LogP contribution in [-0.4, -0.2) is 47.8 Å². The van der Waals surface area contributed by atoms with E-state index < -0.39 is 0 Å². The molecule has 0 bridgehead atoms. The van der Waals surface area contributed by atoms with Crippen LogP contribution >= 0.6 is 0 Å². The fraction of sp³-hybridized carbons (Fsp3) is 0.692. The molecule has 1 saturated heterocycles. The minimum atomic E-state index is 0.762. The van der Waals surface area contributed by atoms with Crippen LogP contribution in [-0.2, 0) is 11.2 Å². The lowest BCUT2D eigenvalue weighted by molar-refractivity contribution is 0.0494. The van der Waals surface area contributed by atoms with Gasteiger partial charge in [-0.05, 0) is 13.8 Å². The molecule has 0 aromatic carbocycles. The molecule has 106 valence electrons. The molecular formula is C13H23N5O. The largest absolute Gasteiger partial charge is 0.379 e. The Morgan fingerprint density at radius 1 is 1.16 bits per heavy atom. The highest BCUT2D eigenvalue weighted by Crippen LogP contribution is 2.20. The Morgan fingerprint density at radius 2 is 1.84 bits per heavy atom. The molecule has 0 spiro atoms. The number of rotatable bonds is 5. The van der Waals surface area contributed by atoms with Crippen molar-refractivity contribution >= 4 is 11.6 Å². The van der Waals surface area contributed by atoms with Crippen molar-refractivity contribution in [2.75, 3.05) is 43.6 Å². The number of aryl methyl sites for hydroxylation is 1. The lowest BCUT2D eigenvalue weighted by Crippen LogP contribution is -2.40. The first-order valence-corrected chi connectivity index (χ1v) is 6.95. The number of morpholine rings is 1. The Kier molecular flexibility index (Phi) is 4.93. The molecule has 0 amide bonds. The third-order valence-corrected chi connectivity index (χ3v) is 3.13. The number of ether oxygens (including phenoxy) is 1. The van der Waals surface area contributed by atoms with Gasteiger partial charge in [0.25, 0.3) is 0 Å². The fourth-order valence-electron chi connectivity index (χ4n) is 1.99. The van der Waals surface area contributed by atoms with Gasteiger partial charge in [0.2, 0.25) is 0 Å². The lowest BCUT2D eigenvalue weighted by Gasteiger charge is -2.28. The Balaban J connectivity index is 2.19. The Labute approximate surface area is 114 Å². The third kappa shape index (κ3) is 3.54. The summed E-state index contributed by atoms with van der Waals surface area (Å²) < 4.78 is 5.35. The number of anilines is 2. The SMILES string of the molecule is CCNc1nc(CC)nc(NN2CCOCC2)c1C. The number of nitrogens with zero attached hydrogens (tertiary/aromatic N) is 3. The van der Waals surface area contributed by atoms with Gasteiger partial charge < -0.3 is 15.5 Å². The molecule has 0 saturated carbocycles. The van der Waals surface area contributed by atoms with Crippen LogP contribution in [0.25, 0.3) is 0 Å². The van der Waals surface area contributed by atoms with Gasteiger partial charge in [0.05, 0.1) is 13.2 Å². The van der Waals surface area contributed by atoms with Crippen LogP contribution in [0, 0.1) is 6.92 Å². The summed E-state index contributed by atoms with van der Waals surface area (Å²) in [6, 6.07) is 0. The molecule has 0 atom stereocenters. The maximum atomic E-state index is 5.35. The molecule has 2 rings (SSSR count). The predicted octanol–water partition coefficient (Wildman–Crippen LogP) is 1.44. The summed E-state index contributed by atoms with van der Waals surface area (Å²) in [5, 5.41) is 5.44.